The van der Waals surface area contributed by atoms with E-state index in [0.717, 1.165) is 116 Å². The van der Waals surface area contributed by atoms with E-state index in [-0.39, 0.29) is 37.5 Å². The maximum atomic E-state index is 12.8. The van der Waals surface area contributed by atoms with Crippen LogP contribution < -0.4 is 0 Å². The molecule has 6 nitrogen and oxygen atoms in total. The zero-order valence-electron chi connectivity index (χ0n) is 50.2. The van der Waals surface area contributed by atoms with Crippen LogP contribution in [-0.4, -0.2) is 37.2 Å². The second kappa shape index (κ2) is 64.3. The SMILES string of the molecule is CC/C=C\C/C=C\C/C=C\C/C=C\C/C=C\C/C=C\CCCCC(=O)OC(COC(=O)CCCCCCCCC)COC(=O)CCCCCCCCCCCCCCCCCCCC/C=C\C/C=C\C/C=C\C/C=C\CC. The first-order valence-corrected chi connectivity index (χ1v) is 32.0. The highest BCUT2D eigenvalue weighted by atomic mass is 16.6. The van der Waals surface area contributed by atoms with Crippen LogP contribution in [0.25, 0.3) is 0 Å². The Labute approximate surface area is 475 Å². The van der Waals surface area contributed by atoms with Gasteiger partial charge in [-0.1, -0.05) is 284 Å². The molecule has 0 bridgehead atoms. The van der Waals surface area contributed by atoms with Crippen LogP contribution in [0.15, 0.2) is 122 Å². The van der Waals surface area contributed by atoms with Gasteiger partial charge >= 0.3 is 17.9 Å². The summed E-state index contributed by atoms with van der Waals surface area (Å²) in [6.45, 7) is 6.35. The summed E-state index contributed by atoms with van der Waals surface area (Å²) in [6.07, 6.45) is 89.6. The third-order valence-corrected chi connectivity index (χ3v) is 13.5. The summed E-state index contributed by atoms with van der Waals surface area (Å²) in [5.74, 6) is -0.940. The molecule has 0 saturated carbocycles. The molecular formula is C71H118O6. The van der Waals surface area contributed by atoms with E-state index in [1.54, 1.807) is 0 Å². The van der Waals surface area contributed by atoms with Gasteiger partial charge in [0.1, 0.15) is 13.2 Å². The molecule has 77 heavy (non-hydrogen) atoms. The van der Waals surface area contributed by atoms with E-state index in [1.165, 1.54) is 128 Å². The molecule has 0 aliphatic carbocycles. The van der Waals surface area contributed by atoms with Gasteiger partial charge < -0.3 is 14.2 Å². The fourth-order valence-electron chi connectivity index (χ4n) is 8.73. The molecule has 1 atom stereocenters. The molecule has 0 aliphatic rings. The Kier molecular flexibility index (Phi) is 60.8. The molecule has 0 aromatic heterocycles. The van der Waals surface area contributed by atoms with Gasteiger partial charge in [-0.15, -0.1) is 0 Å². The van der Waals surface area contributed by atoms with Crippen LogP contribution in [0.4, 0.5) is 0 Å². The minimum Gasteiger partial charge on any atom is -0.462 e. The van der Waals surface area contributed by atoms with Crippen molar-refractivity contribution in [3.8, 4) is 0 Å². The standard InChI is InChI=1S/C71H118O6/c1-4-7-10-13-16-18-20-22-24-26-28-30-31-32-33-34-35-36-37-38-39-41-42-44-46-48-50-52-55-58-61-64-70(73)76-67-68(66-75-69(72)63-60-57-54-15-12-9-6-3)77-71(74)65-62-59-56-53-51-49-47-45-43-40-29-27-25-23-21-19-17-14-11-8-5-2/h7-8,10-11,16-19,22-25,28-30,40,45,47,51,53,68H,4-6,9,12-15,20-21,26-27,31-39,41-44,46,48-50,52,54-67H2,1-3H3/b10-7-,11-8-,18-16-,19-17-,24-22-,25-23-,30-28-,40-29-,47-45-,53-51-. The Bertz CT molecular complexity index is 1600. The van der Waals surface area contributed by atoms with Crippen molar-refractivity contribution in [2.24, 2.45) is 0 Å². The number of carbonyl (C=O) groups excluding carboxylic acids is 3. The van der Waals surface area contributed by atoms with Crippen LogP contribution in [0.3, 0.4) is 0 Å². The van der Waals surface area contributed by atoms with Gasteiger partial charge in [0.25, 0.3) is 0 Å². The van der Waals surface area contributed by atoms with Gasteiger partial charge in [0.15, 0.2) is 6.10 Å². The highest BCUT2D eigenvalue weighted by Crippen LogP contribution is 2.16. The van der Waals surface area contributed by atoms with Gasteiger partial charge in [-0.05, 0) is 109 Å². The average molecular weight is 1070 g/mol. The lowest BCUT2D eigenvalue weighted by atomic mass is 10.0. The Balaban J connectivity index is 4.14. The average Bonchev–Trinajstić information content (AvgIpc) is 3.43. The quantitative estimate of drug-likeness (QED) is 0.0261. The fraction of sp³-hybridized carbons (Fsp3) is 0.676. The van der Waals surface area contributed by atoms with Gasteiger partial charge in [0.05, 0.1) is 0 Å². The van der Waals surface area contributed by atoms with Crippen molar-refractivity contribution in [1.82, 2.24) is 0 Å². The van der Waals surface area contributed by atoms with Crippen molar-refractivity contribution in [2.75, 3.05) is 13.2 Å². The number of rotatable bonds is 57. The normalized spacial score (nSPS) is 12.9. The minimum atomic E-state index is -0.800. The summed E-state index contributed by atoms with van der Waals surface area (Å²) in [5.41, 5.74) is 0. The molecule has 0 N–H and O–H groups in total. The topological polar surface area (TPSA) is 78.9 Å². The number of esters is 3. The van der Waals surface area contributed by atoms with E-state index in [9.17, 15) is 14.4 Å². The Morgan fingerprint density at radius 2 is 0.506 bits per heavy atom. The second-order valence-corrected chi connectivity index (χ2v) is 20.9. The molecule has 438 valence electrons. The maximum absolute atomic E-state index is 12.8. The van der Waals surface area contributed by atoms with Crippen LogP contribution in [0.1, 0.15) is 290 Å². The molecule has 0 rings (SSSR count). The fourth-order valence-corrected chi connectivity index (χ4v) is 8.73. The van der Waals surface area contributed by atoms with Gasteiger partial charge in [0, 0.05) is 19.3 Å². The number of unbranched alkanes of at least 4 members (excludes halogenated alkanes) is 26. The summed E-state index contributed by atoms with van der Waals surface area (Å²) in [7, 11) is 0. The molecule has 0 radical (unpaired) electrons. The Hall–Kier alpha value is -4.19. The minimum absolute atomic E-state index is 0.0948. The summed E-state index contributed by atoms with van der Waals surface area (Å²) >= 11 is 0. The molecule has 0 spiro atoms. The van der Waals surface area contributed by atoms with E-state index in [2.05, 4.69) is 142 Å². The molecule has 0 aromatic carbocycles. The Morgan fingerprint density at radius 3 is 0.818 bits per heavy atom. The lowest BCUT2D eigenvalue weighted by Crippen LogP contribution is -2.30. The monoisotopic (exact) mass is 1070 g/mol. The zero-order valence-corrected chi connectivity index (χ0v) is 50.2. The lowest BCUT2D eigenvalue weighted by Gasteiger charge is -2.18. The highest BCUT2D eigenvalue weighted by Gasteiger charge is 2.19. The summed E-state index contributed by atoms with van der Waals surface area (Å²) in [6, 6.07) is 0. The summed E-state index contributed by atoms with van der Waals surface area (Å²) < 4.78 is 16.8. The van der Waals surface area contributed by atoms with Crippen molar-refractivity contribution in [1.29, 1.82) is 0 Å². The third-order valence-electron chi connectivity index (χ3n) is 13.5. The van der Waals surface area contributed by atoms with Crippen LogP contribution in [0.5, 0.6) is 0 Å². The van der Waals surface area contributed by atoms with E-state index in [0.29, 0.717) is 19.3 Å². The molecule has 0 fully saturated rings. The first kappa shape index (κ1) is 72.8. The largest absolute Gasteiger partial charge is 0.462 e. The lowest BCUT2D eigenvalue weighted by molar-refractivity contribution is -0.167. The zero-order chi connectivity index (χ0) is 55.7. The van der Waals surface area contributed by atoms with Crippen molar-refractivity contribution in [3.63, 3.8) is 0 Å². The predicted molar refractivity (Wildman–Crippen MR) is 334 cm³/mol. The number of ether oxygens (including phenoxy) is 3. The molecule has 0 saturated heterocycles. The molecule has 0 aromatic rings. The summed E-state index contributed by atoms with van der Waals surface area (Å²) in [4.78, 5) is 38.1. The summed E-state index contributed by atoms with van der Waals surface area (Å²) in [5, 5.41) is 0. The highest BCUT2D eigenvalue weighted by molar-refractivity contribution is 5.71. The van der Waals surface area contributed by atoms with E-state index < -0.39 is 6.10 Å². The van der Waals surface area contributed by atoms with Crippen LogP contribution in [0, 0.1) is 0 Å². The van der Waals surface area contributed by atoms with Crippen LogP contribution >= 0.6 is 0 Å². The Morgan fingerprint density at radius 1 is 0.273 bits per heavy atom. The molecule has 0 heterocycles. The van der Waals surface area contributed by atoms with Crippen molar-refractivity contribution in [2.45, 2.75) is 297 Å². The van der Waals surface area contributed by atoms with Gasteiger partial charge in [-0.2, -0.15) is 0 Å². The first-order valence-electron chi connectivity index (χ1n) is 32.0. The van der Waals surface area contributed by atoms with Crippen LogP contribution in [0.2, 0.25) is 0 Å². The number of hydrogen-bond donors (Lipinski definition) is 0. The van der Waals surface area contributed by atoms with Crippen LogP contribution in [-0.2, 0) is 28.6 Å². The van der Waals surface area contributed by atoms with Gasteiger partial charge in [0.2, 0.25) is 0 Å². The van der Waals surface area contributed by atoms with E-state index in [1.807, 2.05) is 0 Å². The van der Waals surface area contributed by atoms with Gasteiger partial charge in [-0.25, -0.2) is 0 Å². The molecule has 1 unspecified atom stereocenters. The number of carbonyl (C=O) groups is 3. The van der Waals surface area contributed by atoms with E-state index >= 15 is 0 Å². The number of hydrogen-bond acceptors (Lipinski definition) is 6. The molecule has 0 amide bonds. The second-order valence-electron chi connectivity index (χ2n) is 20.9. The maximum Gasteiger partial charge on any atom is 0.306 e. The van der Waals surface area contributed by atoms with E-state index in [4.69, 9.17) is 14.2 Å². The smallest absolute Gasteiger partial charge is 0.306 e. The first-order chi connectivity index (χ1) is 38.0. The van der Waals surface area contributed by atoms with Crippen molar-refractivity contribution < 1.29 is 28.6 Å². The van der Waals surface area contributed by atoms with Crippen molar-refractivity contribution >= 4 is 17.9 Å². The number of allylic oxidation sites excluding steroid dienone is 20. The molecule has 0 aliphatic heterocycles. The third kappa shape index (κ3) is 62.5. The molecule has 6 heteroatoms. The predicted octanol–water partition coefficient (Wildman–Crippen LogP) is 22.0. The van der Waals surface area contributed by atoms with Gasteiger partial charge in [-0.3, -0.25) is 14.4 Å². The molecular weight excluding hydrogens is 949 g/mol. The van der Waals surface area contributed by atoms with Crippen molar-refractivity contribution in [3.05, 3.63) is 122 Å².